The van der Waals surface area contributed by atoms with E-state index in [4.69, 9.17) is 4.98 Å². The highest BCUT2D eigenvalue weighted by atomic mass is 15.0. The van der Waals surface area contributed by atoms with Crippen molar-refractivity contribution in [2.45, 2.75) is 0 Å². The molecular weight excluding hydrogens is 282 g/mol. The molecule has 0 aliphatic heterocycles. The van der Waals surface area contributed by atoms with Crippen molar-refractivity contribution >= 4 is 27.5 Å². The van der Waals surface area contributed by atoms with Crippen molar-refractivity contribution in [2.24, 2.45) is 0 Å². The first-order valence-electron chi connectivity index (χ1n) is 7.61. The lowest BCUT2D eigenvalue weighted by Crippen LogP contribution is -1.93. The van der Waals surface area contributed by atoms with Gasteiger partial charge in [0, 0.05) is 23.3 Å². The molecule has 5 rings (SSSR count). The van der Waals surface area contributed by atoms with Gasteiger partial charge in [-0.25, -0.2) is 9.97 Å². The van der Waals surface area contributed by atoms with Crippen molar-refractivity contribution in [2.75, 3.05) is 0 Å². The Morgan fingerprint density at radius 3 is 2.57 bits per heavy atom. The van der Waals surface area contributed by atoms with E-state index in [0.717, 1.165) is 33.3 Å². The van der Waals surface area contributed by atoms with Crippen molar-refractivity contribution in [1.82, 2.24) is 14.4 Å². The summed E-state index contributed by atoms with van der Waals surface area (Å²) < 4.78 is 2.13. The van der Waals surface area contributed by atoms with Crippen LogP contribution in [0, 0.1) is 0 Å². The van der Waals surface area contributed by atoms with Crippen molar-refractivity contribution in [3.8, 4) is 11.3 Å². The van der Waals surface area contributed by atoms with Crippen LogP contribution in [0.15, 0.2) is 79.1 Å². The standard InChI is InChI=1S/C20H13N3/c1-3-7-17-14(5-1)9-10-18(22-17)16-13-15-6-2-4-8-19(15)23-12-11-21-20(16)23/h1-13H. The van der Waals surface area contributed by atoms with Gasteiger partial charge in [0.25, 0.3) is 0 Å². The fourth-order valence-corrected chi connectivity index (χ4v) is 3.15. The van der Waals surface area contributed by atoms with Crippen molar-refractivity contribution in [3.63, 3.8) is 0 Å². The van der Waals surface area contributed by atoms with Gasteiger partial charge < -0.3 is 0 Å². The van der Waals surface area contributed by atoms with E-state index in [9.17, 15) is 0 Å². The highest BCUT2D eigenvalue weighted by molar-refractivity contribution is 5.92. The van der Waals surface area contributed by atoms with Crippen molar-refractivity contribution < 1.29 is 0 Å². The van der Waals surface area contributed by atoms with Crippen LogP contribution < -0.4 is 0 Å². The Morgan fingerprint density at radius 1 is 0.783 bits per heavy atom. The second-order valence-electron chi connectivity index (χ2n) is 5.63. The summed E-state index contributed by atoms with van der Waals surface area (Å²) in [5.41, 5.74) is 5.10. The number of benzene rings is 2. The number of rotatable bonds is 1. The van der Waals surface area contributed by atoms with Crippen LogP contribution in [-0.4, -0.2) is 14.4 Å². The van der Waals surface area contributed by atoms with E-state index >= 15 is 0 Å². The number of hydrogen-bond acceptors (Lipinski definition) is 2. The molecule has 23 heavy (non-hydrogen) atoms. The molecule has 0 unspecified atom stereocenters. The van der Waals surface area contributed by atoms with Gasteiger partial charge in [-0.2, -0.15) is 0 Å². The van der Waals surface area contributed by atoms with Crippen LogP contribution in [0.25, 0.3) is 38.7 Å². The van der Waals surface area contributed by atoms with Gasteiger partial charge in [0.2, 0.25) is 0 Å². The molecule has 0 aliphatic carbocycles. The largest absolute Gasteiger partial charge is 0.299 e. The van der Waals surface area contributed by atoms with Crippen LogP contribution in [0.3, 0.4) is 0 Å². The second-order valence-corrected chi connectivity index (χ2v) is 5.63. The normalized spacial score (nSPS) is 11.5. The Kier molecular flexibility index (Phi) is 2.50. The van der Waals surface area contributed by atoms with E-state index in [1.54, 1.807) is 0 Å². The predicted octanol–water partition coefficient (Wildman–Crippen LogP) is 4.70. The molecule has 0 aliphatic rings. The molecule has 0 amide bonds. The average Bonchev–Trinajstić information content (AvgIpc) is 3.11. The minimum atomic E-state index is 0.937. The summed E-state index contributed by atoms with van der Waals surface area (Å²) in [4.78, 5) is 9.38. The first-order valence-corrected chi connectivity index (χ1v) is 7.61. The predicted molar refractivity (Wildman–Crippen MR) is 93.4 cm³/mol. The Bertz CT molecular complexity index is 1170. The number of nitrogens with zero attached hydrogens (tertiary/aromatic N) is 3. The Labute approximate surface area is 132 Å². The lowest BCUT2D eigenvalue weighted by molar-refractivity contribution is 1.25. The van der Waals surface area contributed by atoms with Crippen LogP contribution in [0.5, 0.6) is 0 Å². The van der Waals surface area contributed by atoms with E-state index in [0.29, 0.717) is 0 Å². The minimum absolute atomic E-state index is 0.937. The lowest BCUT2D eigenvalue weighted by Gasteiger charge is -2.08. The molecule has 0 bridgehead atoms. The number of fused-ring (bicyclic) bond motifs is 4. The van der Waals surface area contributed by atoms with Crippen molar-refractivity contribution in [3.05, 3.63) is 79.1 Å². The maximum absolute atomic E-state index is 4.83. The molecule has 5 aromatic rings. The van der Waals surface area contributed by atoms with Crippen LogP contribution in [0.2, 0.25) is 0 Å². The van der Waals surface area contributed by atoms with Gasteiger partial charge in [0.1, 0.15) is 5.65 Å². The molecule has 0 saturated heterocycles. The number of para-hydroxylation sites is 2. The minimum Gasteiger partial charge on any atom is -0.299 e. The van der Waals surface area contributed by atoms with Crippen LogP contribution >= 0.6 is 0 Å². The molecular formula is C20H13N3. The molecule has 108 valence electrons. The third-order valence-corrected chi connectivity index (χ3v) is 4.25. The fourth-order valence-electron chi connectivity index (χ4n) is 3.15. The first kappa shape index (κ1) is 12.4. The highest BCUT2D eigenvalue weighted by Gasteiger charge is 2.10. The summed E-state index contributed by atoms with van der Waals surface area (Å²) in [6.45, 7) is 0. The number of hydrogen-bond donors (Lipinski definition) is 0. The fraction of sp³-hybridized carbons (Fsp3) is 0. The topological polar surface area (TPSA) is 30.2 Å². The maximum atomic E-state index is 4.83. The summed E-state index contributed by atoms with van der Waals surface area (Å²) >= 11 is 0. The summed E-state index contributed by atoms with van der Waals surface area (Å²) in [6.07, 6.45) is 3.84. The average molecular weight is 295 g/mol. The Morgan fingerprint density at radius 2 is 1.61 bits per heavy atom. The van der Waals surface area contributed by atoms with E-state index in [-0.39, 0.29) is 0 Å². The third kappa shape index (κ3) is 1.83. The smallest absolute Gasteiger partial charge is 0.146 e. The van der Waals surface area contributed by atoms with Crippen molar-refractivity contribution in [1.29, 1.82) is 0 Å². The summed E-state index contributed by atoms with van der Waals surface area (Å²) in [6, 6.07) is 22.9. The zero-order valence-corrected chi connectivity index (χ0v) is 12.3. The number of pyridine rings is 2. The third-order valence-electron chi connectivity index (χ3n) is 4.25. The van der Waals surface area contributed by atoms with E-state index in [2.05, 4.69) is 57.9 Å². The number of aromatic nitrogens is 3. The summed E-state index contributed by atoms with van der Waals surface area (Å²) in [5, 5.41) is 2.33. The molecule has 0 radical (unpaired) electrons. The molecule has 0 fully saturated rings. The molecule has 0 atom stereocenters. The zero-order valence-electron chi connectivity index (χ0n) is 12.3. The van der Waals surface area contributed by atoms with Crippen LogP contribution in [0.4, 0.5) is 0 Å². The molecule has 3 heteroatoms. The lowest BCUT2D eigenvalue weighted by atomic mass is 10.1. The van der Waals surface area contributed by atoms with E-state index < -0.39 is 0 Å². The van der Waals surface area contributed by atoms with Gasteiger partial charge in [0.05, 0.1) is 16.7 Å². The first-order chi connectivity index (χ1) is 11.4. The monoisotopic (exact) mass is 295 g/mol. The van der Waals surface area contributed by atoms with Crippen LogP contribution in [0.1, 0.15) is 0 Å². The molecule has 0 N–H and O–H groups in total. The second kappa shape index (κ2) is 4.65. The molecule has 3 heterocycles. The number of imidazole rings is 1. The van der Waals surface area contributed by atoms with Crippen LogP contribution in [-0.2, 0) is 0 Å². The van der Waals surface area contributed by atoms with Gasteiger partial charge in [0.15, 0.2) is 0 Å². The summed E-state index contributed by atoms with van der Waals surface area (Å²) in [7, 11) is 0. The van der Waals surface area contributed by atoms with E-state index in [1.807, 2.05) is 30.6 Å². The van der Waals surface area contributed by atoms with Gasteiger partial charge in [-0.3, -0.25) is 4.40 Å². The maximum Gasteiger partial charge on any atom is 0.146 e. The van der Waals surface area contributed by atoms with E-state index in [1.165, 1.54) is 5.39 Å². The summed E-state index contributed by atoms with van der Waals surface area (Å²) in [5.74, 6) is 0. The molecule has 0 saturated carbocycles. The van der Waals surface area contributed by atoms with Gasteiger partial charge >= 0.3 is 0 Å². The Hall–Kier alpha value is -3.20. The highest BCUT2D eigenvalue weighted by Crippen LogP contribution is 2.28. The quantitative estimate of drug-likeness (QED) is 0.448. The molecule has 3 aromatic heterocycles. The van der Waals surface area contributed by atoms with Gasteiger partial charge in [-0.15, -0.1) is 0 Å². The molecule has 0 spiro atoms. The molecule has 3 nitrogen and oxygen atoms in total. The SMILES string of the molecule is c1ccc2nc(-c3cc4ccccc4n4ccnc34)ccc2c1. The molecule has 2 aromatic carbocycles. The van der Waals surface area contributed by atoms with Gasteiger partial charge in [-0.1, -0.05) is 42.5 Å². The Balaban J connectivity index is 1.87. The van der Waals surface area contributed by atoms with Gasteiger partial charge in [-0.05, 0) is 29.7 Å². The zero-order chi connectivity index (χ0) is 15.2.